The van der Waals surface area contributed by atoms with Crippen LogP contribution in [0.5, 0.6) is 11.5 Å². The highest BCUT2D eigenvalue weighted by atomic mass is 16.5. The van der Waals surface area contributed by atoms with Gasteiger partial charge in [-0.3, -0.25) is 10.3 Å². The number of methoxy groups -OCH3 is 2. The first kappa shape index (κ1) is 16.9. The monoisotopic (exact) mass is 321 g/mol. The molecule has 0 bridgehead atoms. The SMILES string of the molecule is CCCOC(=O)NC1=NCC(c2ccc(OC)cc2OC)N1C. The van der Waals surface area contributed by atoms with E-state index in [2.05, 4.69) is 10.3 Å². The minimum absolute atomic E-state index is 0.0164. The summed E-state index contributed by atoms with van der Waals surface area (Å²) in [7, 11) is 5.11. The summed E-state index contributed by atoms with van der Waals surface area (Å²) in [5.41, 5.74) is 0.985. The lowest BCUT2D eigenvalue weighted by molar-refractivity contribution is 0.150. The summed E-state index contributed by atoms with van der Waals surface area (Å²) in [4.78, 5) is 18.0. The first-order chi connectivity index (χ1) is 11.1. The average molecular weight is 321 g/mol. The number of hydrogen-bond donors (Lipinski definition) is 1. The normalized spacial score (nSPS) is 16.8. The number of amides is 1. The Morgan fingerprint density at radius 2 is 2.17 bits per heavy atom. The number of carbonyl (C=O) groups is 1. The second kappa shape index (κ2) is 7.71. The molecule has 1 amide bonds. The third kappa shape index (κ3) is 3.85. The van der Waals surface area contributed by atoms with Crippen LogP contribution in [-0.4, -0.2) is 51.4 Å². The first-order valence-corrected chi connectivity index (χ1v) is 7.53. The Morgan fingerprint density at radius 3 is 2.83 bits per heavy atom. The van der Waals surface area contributed by atoms with Crippen molar-refractivity contribution in [1.29, 1.82) is 0 Å². The van der Waals surface area contributed by atoms with Gasteiger partial charge in [0.05, 0.1) is 33.4 Å². The minimum Gasteiger partial charge on any atom is -0.497 e. The Labute approximate surface area is 136 Å². The van der Waals surface area contributed by atoms with Crippen molar-refractivity contribution in [2.75, 3.05) is 34.4 Å². The second-order valence-corrected chi connectivity index (χ2v) is 5.16. The fourth-order valence-corrected chi connectivity index (χ4v) is 2.41. The van der Waals surface area contributed by atoms with E-state index in [0.29, 0.717) is 19.1 Å². The van der Waals surface area contributed by atoms with Gasteiger partial charge >= 0.3 is 6.09 Å². The van der Waals surface area contributed by atoms with Crippen molar-refractivity contribution in [1.82, 2.24) is 10.2 Å². The van der Waals surface area contributed by atoms with E-state index in [9.17, 15) is 4.79 Å². The van der Waals surface area contributed by atoms with Crippen LogP contribution in [0.2, 0.25) is 0 Å². The summed E-state index contributed by atoms with van der Waals surface area (Å²) in [6, 6.07) is 5.65. The molecule has 23 heavy (non-hydrogen) atoms. The van der Waals surface area contributed by atoms with E-state index in [0.717, 1.165) is 23.5 Å². The molecule has 1 heterocycles. The van der Waals surface area contributed by atoms with Crippen molar-refractivity contribution in [3.05, 3.63) is 23.8 Å². The van der Waals surface area contributed by atoms with Gasteiger partial charge in [-0.1, -0.05) is 6.92 Å². The van der Waals surface area contributed by atoms with E-state index in [1.165, 1.54) is 0 Å². The zero-order valence-corrected chi connectivity index (χ0v) is 14.0. The van der Waals surface area contributed by atoms with Gasteiger partial charge in [0.15, 0.2) is 0 Å². The van der Waals surface area contributed by atoms with Gasteiger partial charge < -0.3 is 19.1 Å². The predicted octanol–water partition coefficient (Wildman–Crippen LogP) is 2.18. The zero-order valence-electron chi connectivity index (χ0n) is 14.0. The topological polar surface area (TPSA) is 72.4 Å². The van der Waals surface area contributed by atoms with Crippen molar-refractivity contribution in [2.24, 2.45) is 4.99 Å². The van der Waals surface area contributed by atoms with Gasteiger partial charge in [0.1, 0.15) is 11.5 Å². The lowest BCUT2D eigenvalue weighted by Crippen LogP contribution is -2.40. The van der Waals surface area contributed by atoms with Gasteiger partial charge in [-0.15, -0.1) is 0 Å². The minimum atomic E-state index is -0.486. The molecule has 0 fully saturated rings. The number of hydrogen-bond acceptors (Lipinski definition) is 6. The Kier molecular flexibility index (Phi) is 5.67. The molecule has 1 unspecified atom stereocenters. The van der Waals surface area contributed by atoms with Gasteiger partial charge in [0.2, 0.25) is 5.96 Å². The number of nitrogens with one attached hydrogen (secondary N) is 1. The molecular weight excluding hydrogens is 298 g/mol. The van der Waals surface area contributed by atoms with Crippen LogP contribution in [0, 0.1) is 0 Å². The summed E-state index contributed by atoms with van der Waals surface area (Å²) in [5, 5.41) is 2.67. The first-order valence-electron chi connectivity index (χ1n) is 7.53. The number of alkyl carbamates (subject to hydrolysis) is 1. The van der Waals surface area contributed by atoms with Crippen LogP contribution in [0.25, 0.3) is 0 Å². The maximum Gasteiger partial charge on any atom is 0.413 e. The van der Waals surface area contributed by atoms with Crippen LogP contribution >= 0.6 is 0 Å². The summed E-state index contributed by atoms with van der Waals surface area (Å²) < 4.78 is 15.7. The molecule has 0 aromatic heterocycles. The Morgan fingerprint density at radius 1 is 1.39 bits per heavy atom. The molecule has 1 aliphatic heterocycles. The number of guanidine groups is 1. The molecule has 1 aromatic carbocycles. The highest BCUT2D eigenvalue weighted by Crippen LogP contribution is 2.34. The Bertz CT molecular complexity index is 589. The molecule has 0 saturated heterocycles. The molecule has 1 aromatic rings. The lowest BCUT2D eigenvalue weighted by Gasteiger charge is -2.25. The van der Waals surface area contributed by atoms with Gasteiger partial charge in [-0.2, -0.15) is 0 Å². The molecule has 1 atom stereocenters. The largest absolute Gasteiger partial charge is 0.497 e. The van der Waals surface area contributed by atoms with Crippen molar-refractivity contribution in [3.8, 4) is 11.5 Å². The molecular formula is C16H23N3O4. The summed E-state index contributed by atoms with van der Waals surface area (Å²) in [6.07, 6.45) is 0.293. The number of benzene rings is 1. The van der Waals surface area contributed by atoms with E-state index in [-0.39, 0.29) is 6.04 Å². The van der Waals surface area contributed by atoms with Gasteiger partial charge in [0.25, 0.3) is 0 Å². The number of nitrogens with zero attached hydrogens (tertiary/aromatic N) is 2. The Hall–Kier alpha value is -2.44. The van der Waals surface area contributed by atoms with Crippen molar-refractivity contribution >= 4 is 12.1 Å². The highest BCUT2D eigenvalue weighted by molar-refractivity contribution is 5.95. The quantitative estimate of drug-likeness (QED) is 0.900. The number of aliphatic imine (C=N–C) groups is 1. The van der Waals surface area contributed by atoms with Crippen molar-refractivity contribution in [3.63, 3.8) is 0 Å². The maximum absolute atomic E-state index is 11.7. The fraction of sp³-hybridized carbons (Fsp3) is 0.500. The summed E-state index contributed by atoms with van der Waals surface area (Å²) >= 11 is 0. The average Bonchev–Trinajstić information content (AvgIpc) is 2.92. The number of likely N-dealkylation sites (N-methyl/N-ethyl adjacent to an activating group) is 1. The van der Waals surface area contributed by atoms with Crippen LogP contribution in [0.3, 0.4) is 0 Å². The van der Waals surface area contributed by atoms with Crippen LogP contribution in [0.15, 0.2) is 23.2 Å². The molecule has 2 rings (SSSR count). The molecule has 1 N–H and O–H groups in total. The maximum atomic E-state index is 11.7. The third-order valence-corrected chi connectivity index (χ3v) is 3.67. The third-order valence-electron chi connectivity index (χ3n) is 3.67. The standard InChI is InChI=1S/C16H23N3O4/c1-5-8-23-16(20)18-15-17-10-13(19(15)2)12-7-6-11(21-3)9-14(12)22-4/h6-7,9,13H,5,8,10H2,1-4H3,(H,17,18,20). The molecule has 0 aliphatic carbocycles. The van der Waals surface area contributed by atoms with Crippen molar-refractivity contribution < 1.29 is 19.0 Å². The molecule has 126 valence electrons. The lowest BCUT2D eigenvalue weighted by atomic mass is 10.1. The van der Waals surface area contributed by atoms with E-state index in [1.54, 1.807) is 14.2 Å². The molecule has 0 spiro atoms. The number of rotatable bonds is 5. The van der Waals surface area contributed by atoms with Crippen molar-refractivity contribution in [2.45, 2.75) is 19.4 Å². The second-order valence-electron chi connectivity index (χ2n) is 5.16. The van der Waals surface area contributed by atoms with Crippen LogP contribution in [0.4, 0.5) is 4.79 Å². The van der Waals surface area contributed by atoms with Gasteiger partial charge in [-0.05, 0) is 18.6 Å². The van der Waals surface area contributed by atoms with E-state index in [1.807, 2.05) is 37.1 Å². The zero-order chi connectivity index (χ0) is 16.8. The molecule has 7 nitrogen and oxygen atoms in total. The van der Waals surface area contributed by atoms with Crippen LogP contribution in [0.1, 0.15) is 24.9 Å². The molecule has 7 heteroatoms. The summed E-state index contributed by atoms with van der Waals surface area (Å²) in [5.74, 6) is 1.95. The Balaban J connectivity index is 2.08. The summed E-state index contributed by atoms with van der Waals surface area (Å²) in [6.45, 7) is 2.86. The van der Waals surface area contributed by atoms with E-state index >= 15 is 0 Å². The van der Waals surface area contributed by atoms with Gasteiger partial charge in [-0.25, -0.2) is 4.79 Å². The van der Waals surface area contributed by atoms with E-state index < -0.39 is 6.09 Å². The number of ether oxygens (including phenoxy) is 3. The smallest absolute Gasteiger partial charge is 0.413 e. The number of carbonyl (C=O) groups excluding carboxylic acids is 1. The van der Waals surface area contributed by atoms with Crippen LogP contribution < -0.4 is 14.8 Å². The molecule has 0 saturated carbocycles. The predicted molar refractivity (Wildman–Crippen MR) is 87.1 cm³/mol. The highest BCUT2D eigenvalue weighted by Gasteiger charge is 2.29. The fourth-order valence-electron chi connectivity index (χ4n) is 2.41. The van der Waals surface area contributed by atoms with E-state index in [4.69, 9.17) is 14.2 Å². The molecule has 1 aliphatic rings. The molecule has 0 radical (unpaired) electrons. The van der Waals surface area contributed by atoms with Crippen LogP contribution in [-0.2, 0) is 4.74 Å². The van der Waals surface area contributed by atoms with Gasteiger partial charge in [0, 0.05) is 18.7 Å².